The average molecular weight is 286 g/mol. The van der Waals surface area contributed by atoms with Crippen LogP contribution in [0.25, 0.3) is 5.57 Å². The van der Waals surface area contributed by atoms with E-state index in [1.165, 1.54) is 24.3 Å². The van der Waals surface area contributed by atoms with Crippen molar-refractivity contribution in [3.05, 3.63) is 52.4 Å². The molecule has 21 heavy (non-hydrogen) atoms. The van der Waals surface area contributed by atoms with Gasteiger partial charge in [0, 0.05) is 16.4 Å². The maximum Gasteiger partial charge on any atom is 0.335 e. The number of methoxy groups -OCH3 is 1. The molecule has 2 nitrogen and oxygen atoms in total. The van der Waals surface area contributed by atoms with Crippen LogP contribution in [0.2, 0.25) is 0 Å². The number of ether oxygens (including phenoxy) is 1. The predicted molar refractivity (Wildman–Crippen MR) is 79.9 cm³/mol. The van der Waals surface area contributed by atoms with Crippen LogP contribution < -0.4 is 0 Å². The lowest BCUT2D eigenvalue weighted by molar-refractivity contribution is -0.138. The molecular formula is C18H19FO2. The topological polar surface area (TPSA) is 26.3 Å². The molecule has 0 radical (unpaired) electrons. The molecule has 3 heteroatoms. The molecule has 2 aliphatic rings. The summed E-state index contributed by atoms with van der Waals surface area (Å²) in [5.41, 5.74) is 3.65. The van der Waals surface area contributed by atoms with Crippen LogP contribution in [0.4, 0.5) is 4.39 Å². The fourth-order valence-electron chi connectivity index (χ4n) is 4.23. The van der Waals surface area contributed by atoms with Gasteiger partial charge in [-0.2, -0.15) is 0 Å². The number of hydrogen-bond donors (Lipinski definition) is 0. The average Bonchev–Trinajstić information content (AvgIpc) is 2.49. The van der Waals surface area contributed by atoms with Crippen molar-refractivity contribution in [2.45, 2.75) is 27.7 Å². The van der Waals surface area contributed by atoms with Crippen LogP contribution in [0.3, 0.4) is 0 Å². The van der Waals surface area contributed by atoms with E-state index in [4.69, 9.17) is 4.74 Å². The molecule has 0 N–H and O–H groups in total. The highest BCUT2D eigenvalue weighted by Crippen LogP contribution is 2.77. The summed E-state index contributed by atoms with van der Waals surface area (Å²) in [7, 11) is 1.37. The largest absolute Gasteiger partial charge is 0.466 e. The van der Waals surface area contributed by atoms with Crippen LogP contribution in [0.1, 0.15) is 33.3 Å². The third-order valence-corrected chi connectivity index (χ3v) is 5.85. The molecule has 0 amide bonds. The van der Waals surface area contributed by atoms with E-state index in [9.17, 15) is 9.18 Å². The molecule has 0 heterocycles. The lowest BCUT2D eigenvalue weighted by Gasteiger charge is -2.67. The van der Waals surface area contributed by atoms with Crippen molar-refractivity contribution in [1.82, 2.24) is 0 Å². The minimum atomic E-state index is -0.361. The highest BCUT2D eigenvalue weighted by molar-refractivity contribution is 6.09. The van der Waals surface area contributed by atoms with Crippen molar-refractivity contribution in [1.29, 1.82) is 0 Å². The minimum absolute atomic E-state index is 0.289. The Hall–Kier alpha value is -1.90. The normalized spacial score (nSPS) is 30.6. The van der Waals surface area contributed by atoms with E-state index >= 15 is 0 Å². The molecule has 0 spiro atoms. The Morgan fingerprint density at radius 3 is 2.24 bits per heavy atom. The number of carbonyl (C=O) groups is 1. The first-order valence-corrected chi connectivity index (χ1v) is 7.08. The fourth-order valence-corrected chi connectivity index (χ4v) is 4.23. The van der Waals surface area contributed by atoms with Crippen LogP contribution in [-0.4, -0.2) is 13.1 Å². The van der Waals surface area contributed by atoms with Gasteiger partial charge in [-0.3, -0.25) is 0 Å². The number of fused-ring (bicyclic) bond motifs is 1. The van der Waals surface area contributed by atoms with Gasteiger partial charge in [-0.05, 0) is 25.5 Å². The molecule has 3 rings (SSSR count). The Morgan fingerprint density at radius 2 is 1.67 bits per heavy atom. The Labute approximate surface area is 124 Å². The van der Waals surface area contributed by atoms with Crippen molar-refractivity contribution in [2.75, 3.05) is 7.11 Å². The number of esters is 1. The van der Waals surface area contributed by atoms with Crippen molar-refractivity contribution in [3.8, 4) is 0 Å². The smallest absolute Gasteiger partial charge is 0.335 e. The zero-order valence-electron chi connectivity index (χ0n) is 13.0. The molecule has 0 aliphatic heterocycles. The van der Waals surface area contributed by atoms with Crippen molar-refractivity contribution in [3.63, 3.8) is 0 Å². The third kappa shape index (κ3) is 1.30. The molecule has 2 unspecified atom stereocenters. The van der Waals surface area contributed by atoms with Crippen LogP contribution in [0.5, 0.6) is 0 Å². The van der Waals surface area contributed by atoms with Gasteiger partial charge >= 0.3 is 5.97 Å². The fraction of sp³-hybridized carbons (Fsp3) is 0.389. The van der Waals surface area contributed by atoms with Crippen molar-refractivity contribution >= 4 is 11.5 Å². The summed E-state index contributed by atoms with van der Waals surface area (Å²) in [5.74, 6) is -0.658. The number of rotatable bonds is 2. The Bertz CT molecular complexity index is 728. The molecule has 0 saturated heterocycles. The van der Waals surface area contributed by atoms with Crippen LogP contribution >= 0.6 is 0 Å². The number of benzene rings is 1. The lowest BCUT2D eigenvalue weighted by Crippen LogP contribution is -2.60. The van der Waals surface area contributed by atoms with Gasteiger partial charge in [0.2, 0.25) is 0 Å². The van der Waals surface area contributed by atoms with E-state index in [1.54, 1.807) is 18.2 Å². The van der Waals surface area contributed by atoms with E-state index in [0.717, 1.165) is 5.57 Å². The Balaban J connectivity index is 2.29. The molecule has 0 fully saturated rings. The summed E-state index contributed by atoms with van der Waals surface area (Å²) in [6.07, 6.45) is 0. The molecular weight excluding hydrogens is 267 g/mol. The van der Waals surface area contributed by atoms with Gasteiger partial charge in [0.1, 0.15) is 5.82 Å². The Kier molecular flexibility index (Phi) is 2.72. The first-order valence-electron chi connectivity index (χ1n) is 7.08. The van der Waals surface area contributed by atoms with Gasteiger partial charge in [0.25, 0.3) is 0 Å². The number of hydrogen-bond acceptors (Lipinski definition) is 2. The van der Waals surface area contributed by atoms with E-state index in [0.29, 0.717) is 11.1 Å². The quantitative estimate of drug-likeness (QED) is 0.603. The molecule has 1 aromatic carbocycles. The van der Waals surface area contributed by atoms with Gasteiger partial charge in [-0.25, -0.2) is 9.18 Å². The Morgan fingerprint density at radius 1 is 1.10 bits per heavy atom. The van der Waals surface area contributed by atoms with Crippen LogP contribution in [0, 0.1) is 16.6 Å². The second kappa shape index (κ2) is 4.06. The van der Waals surface area contributed by atoms with E-state index < -0.39 is 0 Å². The molecule has 110 valence electrons. The van der Waals surface area contributed by atoms with Gasteiger partial charge in [-0.15, -0.1) is 0 Å². The monoisotopic (exact) mass is 286 g/mol. The maximum absolute atomic E-state index is 14.2. The predicted octanol–water partition coefficient (Wildman–Crippen LogP) is 4.13. The van der Waals surface area contributed by atoms with Crippen molar-refractivity contribution < 1.29 is 13.9 Å². The van der Waals surface area contributed by atoms with Gasteiger partial charge < -0.3 is 4.74 Å². The van der Waals surface area contributed by atoms with Gasteiger partial charge in [0.15, 0.2) is 0 Å². The molecule has 1 aromatic rings. The maximum atomic E-state index is 14.2. The van der Waals surface area contributed by atoms with E-state index in [1.807, 2.05) is 13.8 Å². The summed E-state index contributed by atoms with van der Waals surface area (Å²) in [6, 6.07) is 6.62. The van der Waals surface area contributed by atoms with E-state index in [-0.39, 0.29) is 22.6 Å². The SMILES string of the molecule is COC(=O)C1=C(c2ccccc2F)C2(C)C(C)=C(C)C12C. The molecule has 2 atom stereocenters. The number of carbonyl (C=O) groups excluding carboxylic acids is 1. The number of halogens is 1. The molecule has 0 bridgehead atoms. The molecule has 0 saturated carbocycles. The highest BCUT2D eigenvalue weighted by atomic mass is 19.1. The minimum Gasteiger partial charge on any atom is -0.466 e. The standard InChI is InChI=1S/C18H19FO2/c1-10-11(2)18(4)15(16(20)21-5)14(17(10,18)3)12-8-6-7-9-13(12)19/h6-9H,1-5H3. The number of allylic oxidation sites excluding steroid dienone is 3. The first-order chi connectivity index (χ1) is 9.81. The van der Waals surface area contributed by atoms with Gasteiger partial charge in [0.05, 0.1) is 12.7 Å². The highest BCUT2D eigenvalue weighted by Gasteiger charge is 2.70. The second-order valence-corrected chi connectivity index (χ2v) is 6.22. The zero-order chi connectivity index (χ0) is 15.6. The summed E-state index contributed by atoms with van der Waals surface area (Å²) < 4.78 is 19.2. The van der Waals surface area contributed by atoms with Crippen LogP contribution in [0.15, 0.2) is 41.0 Å². The summed E-state index contributed by atoms with van der Waals surface area (Å²) in [5, 5.41) is 0. The second-order valence-electron chi connectivity index (χ2n) is 6.22. The first kappa shape index (κ1) is 14.1. The third-order valence-electron chi connectivity index (χ3n) is 5.85. The molecule has 2 aliphatic carbocycles. The summed E-state index contributed by atoms with van der Waals surface area (Å²) >= 11 is 0. The zero-order valence-corrected chi connectivity index (χ0v) is 13.0. The lowest BCUT2D eigenvalue weighted by atomic mass is 9.35. The summed E-state index contributed by atoms with van der Waals surface area (Å²) in [6.45, 7) is 8.24. The van der Waals surface area contributed by atoms with Crippen LogP contribution in [-0.2, 0) is 9.53 Å². The summed E-state index contributed by atoms with van der Waals surface area (Å²) in [4.78, 5) is 12.3. The van der Waals surface area contributed by atoms with Crippen molar-refractivity contribution in [2.24, 2.45) is 10.8 Å². The van der Waals surface area contributed by atoms with E-state index in [2.05, 4.69) is 13.8 Å². The van der Waals surface area contributed by atoms with Gasteiger partial charge in [-0.1, -0.05) is 43.2 Å². The molecule has 0 aromatic heterocycles.